The van der Waals surface area contributed by atoms with Crippen LogP contribution in [0.1, 0.15) is 0 Å². The van der Waals surface area contributed by atoms with Crippen LogP contribution in [0.5, 0.6) is 0 Å². The topological polar surface area (TPSA) is 43.9 Å². The van der Waals surface area contributed by atoms with Crippen molar-refractivity contribution in [3.05, 3.63) is 188 Å². The SMILES string of the molecule is c1ccc(-c2cccc(-c3nc(-n4c5ccccc5c5c6oc7cc(-c8ccc9sc%10ccccc%10c9c8)c8ccccc8c7c6ccc54)nc4c3sc3ccccc34)c2)cc1. The quantitative estimate of drug-likeness (QED) is 0.178. The van der Waals surface area contributed by atoms with E-state index in [1.165, 1.54) is 46.8 Å². The van der Waals surface area contributed by atoms with Crippen molar-refractivity contribution in [2.75, 3.05) is 0 Å². The van der Waals surface area contributed by atoms with Gasteiger partial charge in [0.05, 0.1) is 32.3 Å². The number of nitrogens with zero attached hydrogens (tertiary/aromatic N) is 3. The van der Waals surface area contributed by atoms with E-state index < -0.39 is 0 Å². The minimum Gasteiger partial charge on any atom is -0.455 e. The molecule has 6 heteroatoms. The van der Waals surface area contributed by atoms with Crippen molar-refractivity contribution in [3.8, 4) is 39.5 Å². The molecule has 0 spiro atoms. The van der Waals surface area contributed by atoms with Crippen LogP contribution in [0, 0.1) is 0 Å². The van der Waals surface area contributed by atoms with Crippen molar-refractivity contribution in [1.82, 2.24) is 14.5 Å². The van der Waals surface area contributed by atoms with E-state index >= 15 is 0 Å². The molecular formula is C56H31N3OS2. The number of thiophene rings is 2. The zero-order valence-corrected chi connectivity index (χ0v) is 34.6. The summed E-state index contributed by atoms with van der Waals surface area (Å²) in [5, 5.41) is 10.5. The summed E-state index contributed by atoms with van der Waals surface area (Å²) in [5.41, 5.74) is 11.4. The predicted molar refractivity (Wildman–Crippen MR) is 263 cm³/mol. The van der Waals surface area contributed by atoms with E-state index in [1.807, 2.05) is 11.3 Å². The predicted octanol–water partition coefficient (Wildman–Crippen LogP) is 16.4. The lowest BCUT2D eigenvalue weighted by molar-refractivity contribution is 0.673. The van der Waals surface area contributed by atoms with Gasteiger partial charge in [-0.3, -0.25) is 4.57 Å². The summed E-state index contributed by atoms with van der Waals surface area (Å²) >= 11 is 3.60. The van der Waals surface area contributed by atoms with E-state index in [0.717, 1.165) is 81.7 Å². The Morgan fingerprint density at radius 3 is 1.97 bits per heavy atom. The summed E-state index contributed by atoms with van der Waals surface area (Å²) in [6.45, 7) is 0. The van der Waals surface area contributed by atoms with Crippen molar-refractivity contribution in [1.29, 1.82) is 0 Å². The first-order valence-electron chi connectivity index (χ1n) is 20.8. The summed E-state index contributed by atoms with van der Waals surface area (Å²) in [7, 11) is 0. The second kappa shape index (κ2) is 12.9. The first-order valence-corrected chi connectivity index (χ1v) is 22.4. The number of hydrogen-bond acceptors (Lipinski definition) is 5. The molecule has 5 aromatic heterocycles. The van der Waals surface area contributed by atoms with Crippen LogP contribution < -0.4 is 0 Å². The minimum atomic E-state index is 0.631. The Kier molecular flexibility index (Phi) is 7.11. The number of rotatable bonds is 4. The van der Waals surface area contributed by atoms with Gasteiger partial charge < -0.3 is 4.42 Å². The monoisotopic (exact) mass is 825 g/mol. The van der Waals surface area contributed by atoms with Crippen LogP contribution in [0.4, 0.5) is 0 Å². The van der Waals surface area contributed by atoms with E-state index in [2.05, 4.69) is 193 Å². The summed E-state index contributed by atoms with van der Waals surface area (Å²) < 4.78 is 14.3. The van der Waals surface area contributed by atoms with Gasteiger partial charge in [0.25, 0.3) is 0 Å². The molecule has 0 aliphatic rings. The molecule has 0 unspecified atom stereocenters. The normalized spacial score (nSPS) is 12.2. The molecule has 288 valence electrons. The van der Waals surface area contributed by atoms with Gasteiger partial charge in [-0.15, -0.1) is 22.7 Å². The molecule has 0 bridgehead atoms. The molecule has 0 atom stereocenters. The van der Waals surface area contributed by atoms with Crippen LogP contribution in [0.25, 0.3) is 134 Å². The van der Waals surface area contributed by atoms with E-state index in [9.17, 15) is 0 Å². The lowest BCUT2D eigenvalue weighted by Crippen LogP contribution is -2.02. The molecule has 0 aliphatic heterocycles. The number of aromatic nitrogens is 3. The Morgan fingerprint density at radius 1 is 0.403 bits per heavy atom. The van der Waals surface area contributed by atoms with Gasteiger partial charge in [0.1, 0.15) is 11.2 Å². The summed E-state index contributed by atoms with van der Waals surface area (Å²) in [4.78, 5) is 11.0. The molecule has 0 amide bonds. The standard InChI is InChI=1S/C56H31N3OS2/c1-2-13-32(14-3-1)33-15-12-16-35(29-33)52-55-53(40-21-8-11-24-48(40)62-55)58-56(57-52)59-44-22-9-6-20-39(44)51-45(59)27-26-41-50-38-19-5-4-17-36(38)42(31-46(50)60-54(41)51)34-25-28-49-43(30-34)37-18-7-10-23-47(37)61-49/h1-31H. The average Bonchev–Trinajstić information content (AvgIpc) is 4.10. The molecule has 62 heavy (non-hydrogen) atoms. The molecule has 0 aliphatic carbocycles. The van der Waals surface area contributed by atoms with Crippen LogP contribution >= 0.6 is 22.7 Å². The van der Waals surface area contributed by atoms with Crippen molar-refractivity contribution in [3.63, 3.8) is 0 Å². The maximum Gasteiger partial charge on any atom is 0.235 e. The van der Waals surface area contributed by atoms with Gasteiger partial charge in [-0.1, -0.05) is 133 Å². The summed E-state index contributed by atoms with van der Waals surface area (Å²) in [6.07, 6.45) is 0. The Morgan fingerprint density at radius 2 is 1.10 bits per heavy atom. The molecule has 14 rings (SSSR count). The molecule has 4 nitrogen and oxygen atoms in total. The highest BCUT2D eigenvalue weighted by Gasteiger charge is 2.24. The number of hydrogen-bond donors (Lipinski definition) is 0. The number of fused-ring (bicyclic) bond motifs is 15. The average molecular weight is 826 g/mol. The smallest absolute Gasteiger partial charge is 0.235 e. The summed E-state index contributed by atoms with van der Waals surface area (Å²) in [6, 6.07) is 67.5. The number of para-hydroxylation sites is 1. The van der Waals surface area contributed by atoms with Crippen molar-refractivity contribution in [2.24, 2.45) is 0 Å². The van der Waals surface area contributed by atoms with Gasteiger partial charge in [-0.25, -0.2) is 9.97 Å². The van der Waals surface area contributed by atoms with Crippen LogP contribution in [0.2, 0.25) is 0 Å². The van der Waals surface area contributed by atoms with Crippen molar-refractivity contribution in [2.45, 2.75) is 0 Å². The zero-order chi connectivity index (χ0) is 40.5. The highest BCUT2D eigenvalue weighted by molar-refractivity contribution is 7.26. The van der Waals surface area contributed by atoms with Gasteiger partial charge in [0, 0.05) is 52.0 Å². The van der Waals surface area contributed by atoms with Gasteiger partial charge in [0.15, 0.2) is 0 Å². The first kappa shape index (κ1) is 34.1. The molecule has 14 aromatic rings. The van der Waals surface area contributed by atoms with E-state index in [1.54, 1.807) is 11.3 Å². The van der Waals surface area contributed by atoms with Crippen molar-refractivity contribution >= 4 is 118 Å². The van der Waals surface area contributed by atoms with Gasteiger partial charge in [-0.2, -0.15) is 0 Å². The lowest BCUT2D eigenvalue weighted by atomic mass is 9.94. The van der Waals surface area contributed by atoms with E-state index in [0.29, 0.717) is 5.95 Å². The molecule has 9 aromatic carbocycles. The molecule has 0 saturated heterocycles. The van der Waals surface area contributed by atoms with E-state index in [-0.39, 0.29) is 0 Å². The third-order valence-electron chi connectivity index (χ3n) is 12.6. The molecule has 0 fully saturated rings. The fourth-order valence-electron chi connectivity index (χ4n) is 9.85. The molecule has 0 radical (unpaired) electrons. The number of benzene rings is 9. The van der Waals surface area contributed by atoms with Crippen LogP contribution in [-0.2, 0) is 0 Å². The zero-order valence-electron chi connectivity index (χ0n) is 33.0. The Labute approximate surface area is 362 Å². The van der Waals surface area contributed by atoms with Crippen LogP contribution in [0.15, 0.2) is 192 Å². The Hall–Kier alpha value is -7.64. The third-order valence-corrected chi connectivity index (χ3v) is 14.9. The highest BCUT2D eigenvalue weighted by atomic mass is 32.1. The molecule has 0 saturated carbocycles. The first-order chi connectivity index (χ1) is 30.7. The second-order valence-corrected chi connectivity index (χ2v) is 18.2. The largest absolute Gasteiger partial charge is 0.455 e. The second-order valence-electron chi connectivity index (χ2n) is 16.0. The van der Waals surface area contributed by atoms with Crippen LogP contribution in [-0.4, -0.2) is 14.5 Å². The Balaban J connectivity index is 1.03. The maximum absolute atomic E-state index is 7.15. The fraction of sp³-hybridized carbons (Fsp3) is 0. The molecule has 5 heterocycles. The van der Waals surface area contributed by atoms with Gasteiger partial charge in [0.2, 0.25) is 5.95 Å². The molecular weight excluding hydrogens is 795 g/mol. The highest BCUT2D eigenvalue weighted by Crippen LogP contribution is 2.46. The van der Waals surface area contributed by atoms with Crippen LogP contribution in [0.3, 0.4) is 0 Å². The Bertz CT molecular complexity index is 4170. The minimum absolute atomic E-state index is 0.631. The van der Waals surface area contributed by atoms with Crippen molar-refractivity contribution < 1.29 is 4.42 Å². The van der Waals surface area contributed by atoms with Gasteiger partial charge in [-0.05, 0) is 87.6 Å². The lowest BCUT2D eigenvalue weighted by Gasteiger charge is -2.11. The van der Waals surface area contributed by atoms with Gasteiger partial charge >= 0.3 is 0 Å². The third kappa shape index (κ3) is 4.87. The maximum atomic E-state index is 7.15. The summed E-state index contributed by atoms with van der Waals surface area (Å²) in [5.74, 6) is 0.631. The number of furan rings is 1. The molecule has 0 N–H and O–H groups in total. The fourth-order valence-corrected chi connectivity index (χ4v) is 12.1. The van der Waals surface area contributed by atoms with E-state index in [4.69, 9.17) is 14.4 Å².